The van der Waals surface area contributed by atoms with Crippen molar-refractivity contribution in [2.24, 2.45) is 0 Å². The fourth-order valence-electron chi connectivity index (χ4n) is 1.16. The van der Waals surface area contributed by atoms with E-state index in [1.165, 1.54) is 12.1 Å². The third-order valence-corrected chi connectivity index (χ3v) is 2.03. The second kappa shape index (κ2) is 4.97. The predicted octanol–water partition coefficient (Wildman–Crippen LogP) is 0.0248. The van der Waals surface area contributed by atoms with Crippen LogP contribution in [0.15, 0.2) is 18.2 Å². The number of aliphatic hydroxyl groups excluding tert-OH is 3. The summed E-state index contributed by atoms with van der Waals surface area (Å²) in [6.45, 7) is -0.671. The summed E-state index contributed by atoms with van der Waals surface area (Å²) in [6.07, 6.45) is -2.47. The summed E-state index contributed by atoms with van der Waals surface area (Å²) in [5.41, 5.74) is -0.0101. The highest BCUT2D eigenvalue weighted by Gasteiger charge is 2.20. The van der Waals surface area contributed by atoms with Gasteiger partial charge in [-0.15, -0.1) is 0 Å². The van der Waals surface area contributed by atoms with Gasteiger partial charge in [0.15, 0.2) is 0 Å². The average molecular weight is 214 g/mol. The van der Waals surface area contributed by atoms with Crippen LogP contribution in [0.3, 0.4) is 0 Å². The van der Waals surface area contributed by atoms with Gasteiger partial charge in [0.1, 0.15) is 24.3 Å². The molecule has 1 aromatic carbocycles. The number of carbonyl (C=O) groups is 1. The van der Waals surface area contributed by atoms with Crippen LogP contribution in [0.5, 0.6) is 0 Å². The molecule has 0 aromatic heterocycles. The molecule has 1 rings (SSSR count). The lowest BCUT2D eigenvalue weighted by Gasteiger charge is -2.16. The van der Waals surface area contributed by atoms with Crippen molar-refractivity contribution in [2.75, 3.05) is 6.61 Å². The van der Waals surface area contributed by atoms with Crippen molar-refractivity contribution < 1.29 is 24.5 Å². The molecular formula is C10H11FO4. The molecule has 0 amide bonds. The van der Waals surface area contributed by atoms with E-state index in [0.717, 1.165) is 6.07 Å². The summed E-state index contributed by atoms with van der Waals surface area (Å²) < 4.78 is 13.3. The highest BCUT2D eigenvalue weighted by Crippen LogP contribution is 2.20. The largest absolute Gasteiger partial charge is 0.394 e. The van der Waals surface area contributed by atoms with Gasteiger partial charge < -0.3 is 15.3 Å². The van der Waals surface area contributed by atoms with Gasteiger partial charge >= 0.3 is 0 Å². The molecule has 0 radical (unpaired) electrons. The normalized spacial score (nSPS) is 14.7. The molecule has 0 saturated heterocycles. The van der Waals surface area contributed by atoms with Crippen molar-refractivity contribution in [2.45, 2.75) is 12.2 Å². The van der Waals surface area contributed by atoms with E-state index in [1.807, 2.05) is 0 Å². The fourth-order valence-corrected chi connectivity index (χ4v) is 1.16. The van der Waals surface area contributed by atoms with Gasteiger partial charge in [-0.1, -0.05) is 12.1 Å². The molecule has 0 spiro atoms. The van der Waals surface area contributed by atoms with Crippen molar-refractivity contribution in [3.05, 3.63) is 35.1 Å². The fraction of sp³-hybridized carbons (Fsp3) is 0.300. The van der Waals surface area contributed by atoms with Crippen LogP contribution >= 0.6 is 0 Å². The van der Waals surface area contributed by atoms with Crippen molar-refractivity contribution in [1.29, 1.82) is 0 Å². The Morgan fingerprint density at radius 2 is 2.07 bits per heavy atom. The summed E-state index contributed by atoms with van der Waals surface area (Å²) in [6, 6.07) is 3.47. The third-order valence-electron chi connectivity index (χ3n) is 2.03. The molecule has 0 fully saturated rings. The van der Waals surface area contributed by atoms with Crippen LogP contribution in [-0.4, -0.2) is 34.3 Å². The average Bonchev–Trinajstić information content (AvgIpc) is 2.26. The van der Waals surface area contributed by atoms with Crippen LogP contribution in [-0.2, 0) is 0 Å². The van der Waals surface area contributed by atoms with Crippen molar-refractivity contribution >= 4 is 6.29 Å². The van der Waals surface area contributed by atoms with Crippen LogP contribution in [0.25, 0.3) is 0 Å². The number of benzene rings is 1. The van der Waals surface area contributed by atoms with Gasteiger partial charge in [-0.3, -0.25) is 4.79 Å². The SMILES string of the molecule is O=Cc1ccc(C(O)C(O)CO)c(F)c1. The van der Waals surface area contributed by atoms with Crippen molar-refractivity contribution in [3.63, 3.8) is 0 Å². The minimum Gasteiger partial charge on any atom is -0.394 e. The van der Waals surface area contributed by atoms with Gasteiger partial charge in [0.25, 0.3) is 0 Å². The number of aldehydes is 1. The first-order chi connectivity index (χ1) is 7.10. The zero-order valence-electron chi connectivity index (χ0n) is 7.80. The molecule has 4 nitrogen and oxygen atoms in total. The van der Waals surface area contributed by atoms with E-state index in [-0.39, 0.29) is 11.1 Å². The lowest BCUT2D eigenvalue weighted by molar-refractivity contribution is -0.0168. The molecule has 0 bridgehead atoms. The van der Waals surface area contributed by atoms with E-state index >= 15 is 0 Å². The number of halogens is 1. The maximum atomic E-state index is 13.3. The molecule has 2 unspecified atom stereocenters. The van der Waals surface area contributed by atoms with Gasteiger partial charge in [-0.2, -0.15) is 0 Å². The summed E-state index contributed by atoms with van der Waals surface area (Å²) in [7, 11) is 0. The number of aliphatic hydroxyl groups is 3. The maximum Gasteiger partial charge on any atom is 0.150 e. The highest BCUT2D eigenvalue weighted by atomic mass is 19.1. The standard InChI is InChI=1S/C10H11FO4/c11-8-3-6(4-12)1-2-7(8)10(15)9(14)5-13/h1-4,9-10,13-15H,5H2. The Hall–Kier alpha value is -1.30. The van der Waals surface area contributed by atoms with Crippen LogP contribution in [0.4, 0.5) is 4.39 Å². The van der Waals surface area contributed by atoms with E-state index in [2.05, 4.69) is 0 Å². The summed E-state index contributed by atoms with van der Waals surface area (Å²) in [5.74, 6) is -0.792. The predicted molar refractivity (Wildman–Crippen MR) is 49.8 cm³/mol. The van der Waals surface area contributed by atoms with Crippen LogP contribution in [0.1, 0.15) is 22.0 Å². The number of hydrogen-bond donors (Lipinski definition) is 3. The lowest BCUT2D eigenvalue weighted by atomic mass is 10.0. The summed E-state index contributed by atoms with van der Waals surface area (Å²) in [5, 5.41) is 27.1. The Kier molecular flexibility index (Phi) is 3.90. The molecule has 82 valence electrons. The van der Waals surface area contributed by atoms with Crippen LogP contribution in [0.2, 0.25) is 0 Å². The summed E-state index contributed by atoms with van der Waals surface area (Å²) >= 11 is 0. The van der Waals surface area contributed by atoms with Gasteiger partial charge in [-0.05, 0) is 6.07 Å². The molecule has 0 saturated carbocycles. The third kappa shape index (κ3) is 2.59. The molecular weight excluding hydrogens is 203 g/mol. The van der Waals surface area contributed by atoms with E-state index in [0.29, 0.717) is 6.29 Å². The van der Waals surface area contributed by atoms with E-state index in [4.69, 9.17) is 10.2 Å². The van der Waals surface area contributed by atoms with Gasteiger partial charge in [0.05, 0.1) is 6.61 Å². The first-order valence-corrected chi connectivity index (χ1v) is 4.31. The van der Waals surface area contributed by atoms with Gasteiger partial charge in [0, 0.05) is 11.1 Å². The lowest BCUT2D eigenvalue weighted by Crippen LogP contribution is -2.22. The second-order valence-corrected chi connectivity index (χ2v) is 3.09. The van der Waals surface area contributed by atoms with Crippen LogP contribution in [0, 0.1) is 5.82 Å². The monoisotopic (exact) mass is 214 g/mol. The highest BCUT2D eigenvalue weighted by molar-refractivity contribution is 5.74. The first-order valence-electron chi connectivity index (χ1n) is 4.31. The van der Waals surface area contributed by atoms with Crippen LogP contribution < -0.4 is 0 Å². The van der Waals surface area contributed by atoms with Gasteiger partial charge in [0.2, 0.25) is 0 Å². The minimum atomic E-state index is -1.50. The maximum absolute atomic E-state index is 13.3. The van der Waals surface area contributed by atoms with E-state index < -0.39 is 24.6 Å². The smallest absolute Gasteiger partial charge is 0.150 e. The molecule has 0 aliphatic carbocycles. The Labute approximate surface area is 85.6 Å². The molecule has 0 aliphatic heterocycles. The Morgan fingerprint density at radius 1 is 1.40 bits per heavy atom. The first kappa shape index (κ1) is 11.8. The molecule has 0 aliphatic rings. The Bertz CT molecular complexity index is 353. The molecule has 1 aromatic rings. The molecule has 5 heteroatoms. The molecule has 15 heavy (non-hydrogen) atoms. The Balaban J connectivity index is 2.99. The molecule has 2 atom stereocenters. The topological polar surface area (TPSA) is 77.8 Å². The van der Waals surface area contributed by atoms with Crippen molar-refractivity contribution in [1.82, 2.24) is 0 Å². The van der Waals surface area contributed by atoms with Gasteiger partial charge in [-0.25, -0.2) is 4.39 Å². The Morgan fingerprint density at radius 3 is 2.53 bits per heavy atom. The molecule has 0 heterocycles. The van der Waals surface area contributed by atoms with E-state index in [9.17, 15) is 14.3 Å². The molecule has 3 N–H and O–H groups in total. The second-order valence-electron chi connectivity index (χ2n) is 3.09. The number of hydrogen-bond acceptors (Lipinski definition) is 4. The van der Waals surface area contributed by atoms with E-state index in [1.54, 1.807) is 0 Å². The number of carbonyl (C=O) groups excluding carboxylic acids is 1. The zero-order chi connectivity index (χ0) is 11.4. The minimum absolute atomic E-state index is 0.141. The number of rotatable bonds is 4. The van der Waals surface area contributed by atoms with Crippen molar-refractivity contribution in [3.8, 4) is 0 Å². The summed E-state index contributed by atoms with van der Waals surface area (Å²) in [4.78, 5) is 10.3. The zero-order valence-corrected chi connectivity index (χ0v) is 7.80. The quantitative estimate of drug-likeness (QED) is 0.618.